The Morgan fingerprint density at radius 2 is 0.512 bits per heavy atom. The second kappa shape index (κ2) is 28.0. The van der Waals surface area contributed by atoms with Crippen LogP contribution in [0.3, 0.4) is 0 Å². The molecule has 21 aromatic rings. The second-order valence-electron chi connectivity index (χ2n) is 37.2. The maximum absolute atomic E-state index is 2.76. The van der Waals surface area contributed by atoms with Gasteiger partial charge in [-0.2, -0.15) is 0 Å². The molecule has 23 rings (SSSR count). The fourth-order valence-electron chi connectivity index (χ4n) is 20.4. The zero-order valence-corrected chi connectivity index (χ0v) is 70.8. The van der Waals surface area contributed by atoms with E-state index in [0.29, 0.717) is 0 Å². The van der Waals surface area contributed by atoms with Crippen LogP contribution in [0.1, 0.15) is 79.0 Å². The van der Waals surface area contributed by atoms with Gasteiger partial charge in [0.05, 0.1) is 33.4 Å². The average molecular weight is 1580 g/mol. The maximum atomic E-state index is 2.76. The summed E-state index contributed by atoms with van der Waals surface area (Å²) in [5.41, 5.74) is 34.1. The monoisotopic (exact) mass is 1570 g/mol. The first kappa shape index (κ1) is 73.6. The fourth-order valence-corrected chi connectivity index (χ4v) is 20.4. The first-order valence-corrected chi connectivity index (χ1v) is 43.5. The largest absolute Gasteiger partial charge is 0.310 e. The minimum absolute atomic E-state index is 0.226. The smallest absolute Gasteiger partial charge is 0.252 e. The lowest BCUT2D eigenvalue weighted by Crippen LogP contribution is -2.61. The SMILES string of the molecule is CC(C)(C)c1cc(-c2ccccc2)c(N2c3cc(-n4c5ccc(-c6ccc7ccccc7c6)cc5c5c6ccccc6ccc54)ccc3B3c4ccc(-n5c6ccc(-c7ccc8ccccc8c7)cc6c6c7ccccc7ccc65)cc4N(c4c(-c5ccccc5)cc(C(C)(C)C)cc4-c4ccccc4)c4cc(C(C)(C)C)cc2c43)c(-c2ccccc2)c1. The highest BCUT2D eigenvalue weighted by Crippen LogP contribution is 2.57. The quantitative estimate of drug-likeness (QED) is 0.127. The van der Waals surface area contributed by atoms with E-state index < -0.39 is 0 Å². The highest BCUT2D eigenvalue weighted by molar-refractivity contribution is 7.00. The predicted octanol–water partition coefficient (Wildman–Crippen LogP) is 30.5. The number of anilines is 6. The molecule has 0 N–H and O–H groups in total. The molecule has 0 saturated heterocycles. The van der Waals surface area contributed by atoms with Crippen molar-refractivity contribution in [3.05, 3.63) is 405 Å². The van der Waals surface area contributed by atoms with Crippen LogP contribution in [0, 0.1) is 0 Å². The molecule has 0 aliphatic carbocycles. The number of aromatic nitrogens is 2. The third kappa shape index (κ3) is 12.0. The van der Waals surface area contributed by atoms with Crippen LogP contribution < -0.4 is 26.2 Å². The number of nitrogens with zero attached hydrogens (tertiary/aromatic N) is 4. The third-order valence-corrected chi connectivity index (χ3v) is 26.6. The van der Waals surface area contributed by atoms with Crippen molar-refractivity contribution in [2.75, 3.05) is 9.80 Å². The van der Waals surface area contributed by atoms with Gasteiger partial charge in [0, 0.05) is 77.9 Å². The molecule has 2 aliphatic rings. The number of benzene rings is 19. The second-order valence-corrected chi connectivity index (χ2v) is 37.2. The van der Waals surface area contributed by atoms with Crippen LogP contribution in [0.4, 0.5) is 34.1 Å². The molecule has 586 valence electrons. The Bertz CT molecular complexity index is 7350. The van der Waals surface area contributed by atoms with E-state index in [1.807, 2.05) is 0 Å². The molecule has 4 nitrogen and oxygen atoms in total. The molecule has 0 unspecified atom stereocenters. The number of fused-ring (bicyclic) bond motifs is 16. The molecular formula is C118H91BN4. The van der Waals surface area contributed by atoms with Crippen molar-refractivity contribution in [2.24, 2.45) is 0 Å². The Hall–Kier alpha value is -14.5. The zero-order chi connectivity index (χ0) is 82.9. The van der Waals surface area contributed by atoms with Crippen LogP contribution in [-0.4, -0.2) is 15.8 Å². The van der Waals surface area contributed by atoms with E-state index >= 15 is 0 Å². The fraction of sp³-hybridized carbons (Fsp3) is 0.102. The molecule has 2 aromatic heterocycles. The van der Waals surface area contributed by atoms with E-state index in [4.69, 9.17) is 0 Å². The van der Waals surface area contributed by atoms with Gasteiger partial charge in [-0.15, -0.1) is 0 Å². The molecule has 4 heterocycles. The van der Waals surface area contributed by atoms with Gasteiger partial charge in [-0.05, 0) is 246 Å². The van der Waals surface area contributed by atoms with Crippen molar-refractivity contribution in [3.63, 3.8) is 0 Å². The number of hydrogen-bond donors (Lipinski definition) is 0. The summed E-state index contributed by atoms with van der Waals surface area (Å²) < 4.78 is 5.15. The van der Waals surface area contributed by atoms with E-state index in [9.17, 15) is 0 Å². The summed E-state index contributed by atoms with van der Waals surface area (Å²) in [6, 6.07) is 149. The van der Waals surface area contributed by atoms with Crippen LogP contribution in [0.25, 0.3) is 165 Å². The Balaban J connectivity index is 0.866. The van der Waals surface area contributed by atoms with Crippen molar-refractivity contribution in [1.82, 2.24) is 9.13 Å². The van der Waals surface area contributed by atoms with Gasteiger partial charge >= 0.3 is 0 Å². The van der Waals surface area contributed by atoms with E-state index in [1.54, 1.807) is 0 Å². The van der Waals surface area contributed by atoms with Crippen LogP contribution in [0.2, 0.25) is 0 Å². The molecule has 0 radical (unpaired) electrons. The maximum Gasteiger partial charge on any atom is 0.252 e. The van der Waals surface area contributed by atoms with E-state index in [0.717, 1.165) is 112 Å². The van der Waals surface area contributed by atoms with E-state index in [-0.39, 0.29) is 23.0 Å². The molecule has 0 fully saturated rings. The first-order valence-electron chi connectivity index (χ1n) is 43.5. The summed E-state index contributed by atoms with van der Waals surface area (Å²) in [6.07, 6.45) is 0. The first-order chi connectivity index (χ1) is 59.9. The van der Waals surface area contributed by atoms with Crippen molar-refractivity contribution < 1.29 is 0 Å². The summed E-state index contributed by atoms with van der Waals surface area (Å²) in [5.74, 6) is 0. The van der Waals surface area contributed by atoms with Gasteiger partial charge < -0.3 is 18.9 Å². The van der Waals surface area contributed by atoms with E-state index in [1.165, 1.54) is 120 Å². The lowest BCUT2D eigenvalue weighted by Gasteiger charge is -2.47. The predicted molar refractivity (Wildman–Crippen MR) is 528 cm³/mol. The van der Waals surface area contributed by atoms with Crippen LogP contribution in [0.15, 0.2) is 388 Å². The Morgan fingerprint density at radius 3 is 0.878 bits per heavy atom. The third-order valence-electron chi connectivity index (χ3n) is 26.6. The Labute approximate surface area is 719 Å². The van der Waals surface area contributed by atoms with Crippen molar-refractivity contribution >= 4 is 144 Å². The van der Waals surface area contributed by atoms with Gasteiger partial charge in [0.1, 0.15) is 0 Å². The van der Waals surface area contributed by atoms with Crippen LogP contribution >= 0.6 is 0 Å². The van der Waals surface area contributed by atoms with Crippen LogP contribution in [0.5, 0.6) is 0 Å². The minimum Gasteiger partial charge on any atom is -0.310 e. The lowest BCUT2D eigenvalue weighted by molar-refractivity contribution is 0.590. The van der Waals surface area contributed by atoms with Gasteiger partial charge in [-0.3, -0.25) is 0 Å². The number of hydrogen-bond acceptors (Lipinski definition) is 2. The zero-order valence-electron chi connectivity index (χ0n) is 70.8. The Morgan fingerprint density at radius 1 is 0.211 bits per heavy atom. The highest BCUT2D eigenvalue weighted by atomic mass is 15.2. The van der Waals surface area contributed by atoms with Crippen molar-refractivity contribution in [1.29, 1.82) is 0 Å². The summed E-state index contributed by atoms with van der Waals surface area (Å²) >= 11 is 0. The van der Waals surface area contributed by atoms with Gasteiger partial charge in [0.25, 0.3) is 6.71 Å². The highest BCUT2D eigenvalue weighted by Gasteiger charge is 2.47. The molecule has 19 aromatic carbocycles. The summed E-state index contributed by atoms with van der Waals surface area (Å²) in [7, 11) is 0. The van der Waals surface area contributed by atoms with E-state index in [2.05, 4.69) is 469 Å². The molecular weight excluding hydrogens is 1480 g/mol. The van der Waals surface area contributed by atoms with Gasteiger partial charge in [-0.25, -0.2) is 0 Å². The summed E-state index contributed by atoms with van der Waals surface area (Å²) in [5, 5.41) is 14.7. The van der Waals surface area contributed by atoms with Gasteiger partial charge in [-0.1, -0.05) is 341 Å². The summed E-state index contributed by atoms with van der Waals surface area (Å²) in [4.78, 5) is 5.51. The summed E-state index contributed by atoms with van der Waals surface area (Å²) in [6.45, 7) is 21.2. The molecule has 0 saturated carbocycles. The minimum atomic E-state index is -0.376. The Kier molecular flexibility index (Phi) is 16.8. The molecule has 0 spiro atoms. The molecule has 0 bridgehead atoms. The van der Waals surface area contributed by atoms with Crippen molar-refractivity contribution in [3.8, 4) is 78.1 Å². The molecule has 0 atom stereocenters. The average Bonchev–Trinajstić information content (AvgIpc) is 1.30. The number of rotatable bonds is 10. The van der Waals surface area contributed by atoms with Crippen LogP contribution in [-0.2, 0) is 16.2 Å². The molecule has 0 amide bonds. The molecule has 2 aliphatic heterocycles. The van der Waals surface area contributed by atoms with Gasteiger partial charge in [0.15, 0.2) is 0 Å². The van der Waals surface area contributed by atoms with Gasteiger partial charge in [0.2, 0.25) is 0 Å². The normalized spacial score (nSPS) is 12.9. The van der Waals surface area contributed by atoms with Crippen molar-refractivity contribution in [2.45, 2.75) is 78.6 Å². The molecule has 5 heteroatoms. The lowest BCUT2D eigenvalue weighted by atomic mass is 9.33. The topological polar surface area (TPSA) is 16.3 Å². The standard InChI is InChI=1S/C118H91BN4/c1-116(2,3)88-66-95(76-32-14-10-15-33-76)114(96(67-88)77-34-16-11-17-35-77)122-107-72-91(120-103-58-52-86(84-48-46-74-30-22-24-42-82(74)62-84)64-99(103)111-93-44-28-26-40-80(93)50-60-105(111)120)54-56-101(107)119-102-57-55-92(121-104-59-53-87(85-49-47-75-31-23-25-43-83(75)63-85)65-100(104)112-94-45-29-27-41-81(94)51-61-106(112)121)73-108(102)123(110-71-90(118(7,8)9)70-109(122)113(110)119)115-97(78-36-18-12-19-37-78)68-89(117(4,5)6)69-98(115)79-38-20-13-21-39-79/h10-73H,1-9H3. The molecule has 123 heavy (non-hydrogen) atoms.